The minimum Gasteiger partial charge on any atom is -0.464 e. The maximum absolute atomic E-state index is 11.6. The largest absolute Gasteiger partial charge is 0.464 e. The molecule has 0 radical (unpaired) electrons. The molecule has 0 aliphatic carbocycles. The fourth-order valence-electron chi connectivity index (χ4n) is 1.50. The van der Waals surface area contributed by atoms with Crippen molar-refractivity contribution in [3.05, 3.63) is 38.9 Å². The van der Waals surface area contributed by atoms with Gasteiger partial charge in [0.2, 0.25) is 0 Å². The second-order valence-corrected chi connectivity index (χ2v) is 5.55. The molecular formula is C12H9Cl2NO2S. The number of rotatable bonds is 2. The molecule has 18 heavy (non-hydrogen) atoms. The third-order valence-corrected chi connectivity index (χ3v) is 4.05. The van der Waals surface area contributed by atoms with Crippen molar-refractivity contribution >= 4 is 40.5 Å². The monoisotopic (exact) mass is 301 g/mol. The van der Waals surface area contributed by atoms with Gasteiger partial charge in [0.15, 0.2) is 5.69 Å². The Bertz CT molecular complexity index is 610. The number of esters is 1. The molecule has 0 spiro atoms. The van der Waals surface area contributed by atoms with Gasteiger partial charge < -0.3 is 4.74 Å². The highest BCUT2D eigenvalue weighted by atomic mass is 35.5. The molecule has 0 fully saturated rings. The molecule has 2 aromatic rings. The zero-order valence-corrected chi connectivity index (χ0v) is 12.0. The van der Waals surface area contributed by atoms with E-state index in [9.17, 15) is 4.79 Å². The van der Waals surface area contributed by atoms with Crippen LogP contribution in [0.4, 0.5) is 0 Å². The van der Waals surface area contributed by atoms with Crippen molar-refractivity contribution in [1.82, 2.24) is 4.98 Å². The van der Waals surface area contributed by atoms with E-state index in [1.54, 1.807) is 18.2 Å². The molecule has 0 amide bonds. The van der Waals surface area contributed by atoms with Gasteiger partial charge in [-0.1, -0.05) is 29.3 Å². The second kappa shape index (κ2) is 5.26. The SMILES string of the molecule is COC(=O)c1nc(C)sc1-c1ccc(Cl)c(Cl)c1. The highest BCUT2D eigenvalue weighted by Gasteiger charge is 2.19. The van der Waals surface area contributed by atoms with Gasteiger partial charge >= 0.3 is 5.97 Å². The van der Waals surface area contributed by atoms with Gasteiger partial charge in [0, 0.05) is 0 Å². The molecule has 0 unspecified atom stereocenters. The summed E-state index contributed by atoms with van der Waals surface area (Å²) in [6, 6.07) is 5.20. The third kappa shape index (κ3) is 2.51. The zero-order valence-electron chi connectivity index (χ0n) is 9.66. The summed E-state index contributed by atoms with van der Waals surface area (Å²) in [6.07, 6.45) is 0. The number of carbonyl (C=O) groups is 1. The van der Waals surface area contributed by atoms with Crippen molar-refractivity contribution in [2.24, 2.45) is 0 Å². The van der Waals surface area contributed by atoms with Crippen LogP contribution in [0.3, 0.4) is 0 Å². The van der Waals surface area contributed by atoms with Gasteiger partial charge in [-0.15, -0.1) is 11.3 Å². The summed E-state index contributed by atoms with van der Waals surface area (Å²) >= 11 is 13.3. The first-order valence-corrected chi connectivity index (χ1v) is 6.61. The van der Waals surface area contributed by atoms with E-state index in [4.69, 9.17) is 27.9 Å². The quantitative estimate of drug-likeness (QED) is 0.780. The van der Waals surface area contributed by atoms with Crippen molar-refractivity contribution < 1.29 is 9.53 Å². The number of hydrogen-bond acceptors (Lipinski definition) is 4. The van der Waals surface area contributed by atoms with Crippen LogP contribution < -0.4 is 0 Å². The number of carbonyl (C=O) groups excluding carboxylic acids is 1. The summed E-state index contributed by atoms with van der Waals surface area (Å²) in [6.45, 7) is 1.83. The van der Waals surface area contributed by atoms with E-state index < -0.39 is 5.97 Å². The van der Waals surface area contributed by atoms with Crippen molar-refractivity contribution in [2.75, 3.05) is 7.11 Å². The number of aromatic nitrogens is 1. The fraction of sp³-hybridized carbons (Fsp3) is 0.167. The summed E-state index contributed by atoms with van der Waals surface area (Å²) in [7, 11) is 1.33. The minimum absolute atomic E-state index is 0.304. The molecule has 1 aromatic carbocycles. The van der Waals surface area contributed by atoms with Crippen LogP contribution in [0.25, 0.3) is 10.4 Å². The van der Waals surface area contributed by atoms with E-state index >= 15 is 0 Å². The molecule has 0 atom stereocenters. The van der Waals surface area contributed by atoms with Gasteiger partial charge in [0.05, 0.1) is 27.0 Å². The van der Waals surface area contributed by atoms with Crippen molar-refractivity contribution in [3.8, 4) is 10.4 Å². The predicted molar refractivity (Wildman–Crippen MR) is 73.6 cm³/mol. The Hall–Kier alpha value is -1.10. The van der Waals surface area contributed by atoms with Crippen LogP contribution >= 0.6 is 34.5 Å². The number of benzene rings is 1. The Kier molecular flexibility index (Phi) is 3.90. The molecule has 0 bridgehead atoms. The Morgan fingerprint density at radius 3 is 2.67 bits per heavy atom. The van der Waals surface area contributed by atoms with E-state index in [-0.39, 0.29) is 0 Å². The standard InChI is InChI=1S/C12H9Cl2NO2S/c1-6-15-10(12(16)17-2)11(18-6)7-3-4-8(13)9(14)5-7/h3-5H,1-2H3. The average molecular weight is 302 g/mol. The summed E-state index contributed by atoms with van der Waals surface area (Å²) in [5.41, 5.74) is 1.11. The van der Waals surface area contributed by atoms with E-state index in [0.29, 0.717) is 15.7 Å². The van der Waals surface area contributed by atoms with Crippen LogP contribution in [0, 0.1) is 6.92 Å². The summed E-state index contributed by atoms with van der Waals surface area (Å²) in [5, 5.41) is 1.70. The normalized spacial score (nSPS) is 10.4. The minimum atomic E-state index is -0.458. The van der Waals surface area contributed by atoms with Gasteiger partial charge in [-0.3, -0.25) is 0 Å². The molecule has 0 N–H and O–H groups in total. The predicted octanol–water partition coefficient (Wildman–Crippen LogP) is 4.21. The van der Waals surface area contributed by atoms with Crippen LogP contribution in [0.1, 0.15) is 15.5 Å². The third-order valence-electron chi connectivity index (χ3n) is 2.29. The van der Waals surface area contributed by atoms with Gasteiger partial charge in [-0.05, 0) is 24.6 Å². The van der Waals surface area contributed by atoms with Crippen molar-refractivity contribution in [1.29, 1.82) is 0 Å². The maximum atomic E-state index is 11.6. The van der Waals surface area contributed by atoms with Crippen LogP contribution in [0.15, 0.2) is 18.2 Å². The first-order chi connectivity index (χ1) is 8.52. The molecule has 0 saturated heterocycles. The Labute approximate surface area is 118 Å². The highest BCUT2D eigenvalue weighted by molar-refractivity contribution is 7.15. The van der Waals surface area contributed by atoms with Crippen LogP contribution in [-0.4, -0.2) is 18.1 Å². The molecule has 1 aromatic heterocycles. The van der Waals surface area contributed by atoms with E-state index in [1.807, 2.05) is 6.92 Å². The van der Waals surface area contributed by atoms with Crippen molar-refractivity contribution in [3.63, 3.8) is 0 Å². The lowest BCUT2D eigenvalue weighted by Gasteiger charge is -2.02. The average Bonchev–Trinajstić information content (AvgIpc) is 2.74. The number of methoxy groups -OCH3 is 1. The Morgan fingerprint density at radius 2 is 2.06 bits per heavy atom. The number of thiazole rings is 1. The number of ether oxygens (including phenoxy) is 1. The van der Waals surface area contributed by atoms with Crippen molar-refractivity contribution in [2.45, 2.75) is 6.92 Å². The summed E-state index contributed by atoms with van der Waals surface area (Å²) in [4.78, 5) is 16.5. The second-order valence-electron chi connectivity index (χ2n) is 3.53. The molecule has 0 saturated carbocycles. The smallest absolute Gasteiger partial charge is 0.358 e. The molecule has 0 aliphatic rings. The van der Waals surface area contributed by atoms with E-state index in [0.717, 1.165) is 15.4 Å². The molecule has 0 aliphatic heterocycles. The number of aryl methyl sites for hydroxylation is 1. The lowest BCUT2D eigenvalue weighted by atomic mass is 10.1. The zero-order chi connectivity index (χ0) is 13.3. The number of halogens is 2. The van der Waals surface area contributed by atoms with E-state index in [1.165, 1.54) is 18.4 Å². The molecule has 94 valence electrons. The maximum Gasteiger partial charge on any atom is 0.358 e. The lowest BCUT2D eigenvalue weighted by molar-refractivity contribution is 0.0595. The van der Waals surface area contributed by atoms with Crippen LogP contribution in [0.5, 0.6) is 0 Å². The topological polar surface area (TPSA) is 39.2 Å². The molecule has 6 heteroatoms. The number of nitrogens with zero attached hydrogens (tertiary/aromatic N) is 1. The van der Waals surface area contributed by atoms with Gasteiger partial charge in [0.1, 0.15) is 0 Å². The first-order valence-electron chi connectivity index (χ1n) is 5.04. The highest BCUT2D eigenvalue weighted by Crippen LogP contribution is 2.34. The summed E-state index contributed by atoms with van der Waals surface area (Å²) < 4.78 is 4.71. The van der Waals surface area contributed by atoms with Gasteiger partial charge in [-0.25, -0.2) is 9.78 Å². The summed E-state index contributed by atoms with van der Waals surface area (Å²) in [5.74, 6) is -0.458. The first kappa shape index (κ1) is 13.3. The Balaban J connectivity index is 2.56. The van der Waals surface area contributed by atoms with Gasteiger partial charge in [0.25, 0.3) is 0 Å². The molecular weight excluding hydrogens is 293 g/mol. The molecule has 1 heterocycles. The Morgan fingerprint density at radius 1 is 1.33 bits per heavy atom. The fourth-order valence-corrected chi connectivity index (χ4v) is 2.70. The molecule has 3 nitrogen and oxygen atoms in total. The lowest BCUT2D eigenvalue weighted by Crippen LogP contribution is -2.03. The van der Waals surface area contributed by atoms with Crippen LogP contribution in [0.2, 0.25) is 10.0 Å². The molecule has 2 rings (SSSR count). The van der Waals surface area contributed by atoms with E-state index in [2.05, 4.69) is 4.98 Å². The number of hydrogen-bond donors (Lipinski definition) is 0. The van der Waals surface area contributed by atoms with Crippen LogP contribution in [-0.2, 0) is 4.74 Å². The van der Waals surface area contributed by atoms with Gasteiger partial charge in [-0.2, -0.15) is 0 Å².